The van der Waals surface area contributed by atoms with Crippen LogP contribution in [-0.2, 0) is 4.74 Å². The van der Waals surface area contributed by atoms with Crippen LogP contribution in [0.3, 0.4) is 0 Å². The molecule has 29 heavy (non-hydrogen) atoms. The van der Waals surface area contributed by atoms with Crippen molar-refractivity contribution in [3.8, 4) is 28.7 Å². The lowest BCUT2D eigenvalue weighted by molar-refractivity contribution is 0.0520. The average molecular weight is 395 g/mol. The molecule has 0 atom stereocenters. The lowest BCUT2D eigenvalue weighted by atomic mass is 10.1. The molecule has 7 heteroatoms. The maximum Gasteiger partial charge on any atom is 0.345 e. The number of carbonyl (C=O) groups excluding carboxylic acids is 1. The molecular formula is C22H25N3O4. The zero-order chi connectivity index (χ0) is 21.0. The van der Waals surface area contributed by atoms with E-state index >= 15 is 0 Å². The summed E-state index contributed by atoms with van der Waals surface area (Å²) in [5, 5.41) is 14.7. The third-order valence-electron chi connectivity index (χ3n) is 4.24. The van der Waals surface area contributed by atoms with Gasteiger partial charge in [-0.3, -0.25) is 0 Å². The molecule has 0 aliphatic heterocycles. The Morgan fingerprint density at radius 3 is 2.69 bits per heavy atom. The Bertz CT molecular complexity index is 1010. The molecule has 2 aromatic heterocycles. The van der Waals surface area contributed by atoms with Crippen LogP contribution in [0.15, 0.2) is 42.6 Å². The molecular weight excluding hydrogens is 370 g/mol. The van der Waals surface area contributed by atoms with E-state index in [1.807, 2.05) is 45.0 Å². The van der Waals surface area contributed by atoms with Gasteiger partial charge in [-0.2, -0.15) is 9.78 Å². The van der Waals surface area contributed by atoms with E-state index < -0.39 is 5.97 Å². The first-order chi connectivity index (χ1) is 13.9. The minimum absolute atomic E-state index is 0.182. The topological polar surface area (TPSA) is 86.5 Å². The van der Waals surface area contributed by atoms with Crippen LogP contribution in [0.1, 0.15) is 36.7 Å². The third-order valence-corrected chi connectivity index (χ3v) is 4.24. The van der Waals surface area contributed by atoms with Crippen molar-refractivity contribution in [2.45, 2.75) is 27.7 Å². The molecule has 3 aromatic rings. The quantitative estimate of drug-likeness (QED) is 0.605. The van der Waals surface area contributed by atoms with Crippen molar-refractivity contribution in [3.05, 3.63) is 53.7 Å². The van der Waals surface area contributed by atoms with E-state index in [-0.39, 0.29) is 29.7 Å². The van der Waals surface area contributed by atoms with Gasteiger partial charge in [-0.05, 0) is 43.5 Å². The fourth-order valence-corrected chi connectivity index (χ4v) is 2.79. The monoisotopic (exact) mass is 395 g/mol. The van der Waals surface area contributed by atoms with E-state index in [1.165, 1.54) is 10.9 Å². The van der Waals surface area contributed by atoms with Crippen LogP contribution in [0.25, 0.3) is 17.1 Å². The number of hydrogen-bond donors (Lipinski definition) is 1. The first kappa shape index (κ1) is 20.4. The third kappa shape index (κ3) is 4.39. The van der Waals surface area contributed by atoms with E-state index in [0.717, 1.165) is 5.56 Å². The van der Waals surface area contributed by atoms with Gasteiger partial charge in [0, 0.05) is 5.56 Å². The van der Waals surface area contributed by atoms with Gasteiger partial charge in [-0.15, -0.1) is 0 Å². The number of rotatable bonds is 7. The number of nitrogens with zero attached hydrogens (tertiary/aromatic N) is 3. The minimum atomic E-state index is -0.495. The summed E-state index contributed by atoms with van der Waals surface area (Å²) in [4.78, 5) is 16.9. The highest BCUT2D eigenvalue weighted by Gasteiger charge is 2.22. The molecule has 3 rings (SSSR count). The Balaban J connectivity index is 2.06. The van der Waals surface area contributed by atoms with Crippen molar-refractivity contribution in [1.82, 2.24) is 14.8 Å². The molecule has 0 fully saturated rings. The van der Waals surface area contributed by atoms with Crippen molar-refractivity contribution in [2.75, 3.05) is 13.2 Å². The van der Waals surface area contributed by atoms with Crippen molar-refractivity contribution < 1.29 is 19.4 Å². The number of hydrogen-bond acceptors (Lipinski definition) is 6. The minimum Gasteiger partial charge on any atom is -0.507 e. The summed E-state index contributed by atoms with van der Waals surface area (Å²) in [5.41, 5.74) is 2.22. The Morgan fingerprint density at radius 1 is 1.21 bits per heavy atom. The van der Waals surface area contributed by atoms with Crippen LogP contribution in [0.4, 0.5) is 0 Å². The zero-order valence-corrected chi connectivity index (χ0v) is 17.0. The summed E-state index contributed by atoms with van der Waals surface area (Å²) in [7, 11) is 0. The van der Waals surface area contributed by atoms with E-state index in [1.54, 1.807) is 19.1 Å². The largest absolute Gasteiger partial charge is 0.507 e. The zero-order valence-electron chi connectivity index (χ0n) is 17.0. The number of benzene rings is 1. The van der Waals surface area contributed by atoms with Crippen LogP contribution in [0.5, 0.6) is 11.6 Å². The number of aryl methyl sites for hydroxylation is 1. The van der Waals surface area contributed by atoms with E-state index in [9.17, 15) is 9.90 Å². The Kier molecular flexibility index (Phi) is 6.16. The van der Waals surface area contributed by atoms with Crippen molar-refractivity contribution >= 4 is 5.97 Å². The second kappa shape index (κ2) is 8.77. The Labute approximate surface area is 169 Å². The number of ether oxygens (including phenoxy) is 2. The second-order valence-corrected chi connectivity index (χ2v) is 7.05. The number of para-hydroxylation sites is 1. The number of phenolic OH excluding ortho intramolecular Hbond substituents is 1. The summed E-state index contributed by atoms with van der Waals surface area (Å²) >= 11 is 0. The molecule has 0 saturated heterocycles. The normalized spacial score (nSPS) is 10.9. The molecule has 7 nitrogen and oxygen atoms in total. The van der Waals surface area contributed by atoms with E-state index in [2.05, 4.69) is 10.1 Å². The lowest BCUT2D eigenvalue weighted by Gasteiger charge is -2.13. The van der Waals surface area contributed by atoms with Crippen LogP contribution < -0.4 is 4.74 Å². The molecule has 0 saturated carbocycles. The maximum absolute atomic E-state index is 12.3. The van der Waals surface area contributed by atoms with Crippen molar-refractivity contribution in [2.24, 2.45) is 5.92 Å². The van der Waals surface area contributed by atoms with Gasteiger partial charge < -0.3 is 14.6 Å². The summed E-state index contributed by atoms with van der Waals surface area (Å²) in [5.74, 6) is 0.705. The van der Waals surface area contributed by atoms with Gasteiger partial charge in [-0.25, -0.2) is 9.78 Å². The molecule has 0 radical (unpaired) electrons. The van der Waals surface area contributed by atoms with Gasteiger partial charge in [0.2, 0.25) is 5.88 Å². The predicted molar refractivity (Wildman–Crippen MR) is 109 cm³/mol. The number of carbonyl (C=O) groups is 1. The van der Waals surface area contributed by atoms with Crippen molar-refractivity contribution in [3.63, 3.8) is 0 Å². The number of aromatic hydroxyl groups is 1. The molecule has 1 N–H and O–H groups in total. The van der Waals surface area contributed by atoms with Gasteiger partial charge in [0.1, 0.15) is 11.3 Å². The van der Waals surface area contributed by atoms with E-state index in [0.29, 0.717) is 23.7 Å². The maximum atomic E-state index is 12.3. The molecule has 1 aromatic carbocycles. The van der Waals surface area contributed by atoms with Gasteiger partial charge >= 0.3 is 5.97 Å². The smallest absolute Gasteiger partial charge is 0.345 e. The van der Waals surface area contributed by atoms with E-state index in [4.69, 9.17) is 9.47 Å². The summed E-state index contributed by atoms with van der Waals surface area (Å²) in [6.45, 7) is 8.29. The van der Waals surface area contributed by atoms with Gasteiger partial charge in [0.25, 0.3) is 0 Å². The Morgan fingerprint density at radius 2 is 1.97 bits per heavy atom. The van der Waals surface area contributed by atoms with Crippen molar-refractivity contribution in [1.29, 1.82) is 0 Å². The fraction of sp³-hybridized carbons (Fsp3) is 0.318. The number of phenols is 1. The summed E-state index contributed by atoms with van der Waals surface area (Å²) in [6.07, 6.45) is 1.42. The predicted octanol–water partition coefficient (Wildman–Crippen LogP) is 4.16. The average Bonchev–Trinajstić information content (AvgIpc) is 3.13. The van der Waals surface area contributed by atoms with Crippen LogP contribution in [0.2, 0.25) is 0 Å². The Hall–Kier alpha value is -3.35. The van der Waals surface area contributed by atoms with Gasteiger partial charge in [0.15, 0.2) is 5.82 Å². The molecule has 0 amide bonds. The molecule has 152 valence electrons. The number of aromatic nitrogens is 3. The van der Waals surface area contributed by atoms with Gasteiger partial charge in [-0.1, -0.05) is 32.0 Å². The number of pyridine rings is 1. The summed E-state index contributed by atoms with van der Waals surface area (Å²) < 4.78 is 12.5. The highest BCUT2D eigenvalue weighted by atomic mass is 16.5. The molecule has 0 aliphatic carbocycles. The van der Waals surface area contributed by atoms with Crippen LogP contribution in [-0.4, -0.2) is 39.1 Å². The molecule has 2 heterocycles. The first-order valence-corrected chi connectivity index (χ1v) is 9.56. The molecule has 0 spiro atoms. The second-order valence-electron chi connectivity index (χ2n) is 7.05. The SMILES string of the molecule is CCOC(=O)c1cnn(-c2cccc(-c3cccc(C)c3O)n2)c1OCC(C)C. The van der Waals surface area contributed by atoms with Gasteiger partial charge in [0.05, 0.1) is 25.1 Å². The number of esters is 1. The molecule has 0 unspecified atom stereocenters. The molecule has 0 aliphatic rings. The fourth-order valence-electron chi connectivity index (χ4n) is 2.79. The molecule has 0 bridgehead atoms. The standard InChI is InChI=1S/C22H25N3O4/c1-5-28-22(27)17-12-23-25(21(17)29-13-14(2)3)19-11-7-10-18(24-19)16-9-6-8-15(4)20(16)26/h6-12,14,26H,5,13H2,1-4H3. The first-order valence-electron chi connectivity index (χ1n) is 9.56. The van der Waals surface area contributed by atoms with Crippen LogP contribution >= 0.6 is 0 Å². The highest BCUT2D eigenvalue weighted by Crippen LogP contribution is 2.31. The highest BCUT2D eigenvalue weighted by molar-refractivity contribution is 5.92. The lowest BCUT2D eigenvalue weighted by Crippen LogP contribution is -2.13. The summed E-state index contributed by atoms with van der Waals surface area (Å²) in [6, 6.07) is 10.9. The van der Waals surface area contributed by atoms with Crippen LogP contribution in [0, 0.1) is 12.8 Å².